The van der Waals surface area contributed by atoms with E-state index in [1.165, 1.54) is 6.07 Å². The van der Waals surface area contributed by atoms with Crippen molar-refractivity contribution in [1.82, 2.24) is 20.0 Å². The van der Waals surface area contributed by atoms with Gasteiger partial charge in [0.15, 0.2) is 0 Å². The van der Waals surface area contributed by atoms with Crippen LogP contribution in [0.1, 0.15) is 52.0 Å². The number of likely N-dealkylation sites (tertiary alicyclic amines) is 1. The van der Waals surface area contributed by atoms with Crippen LogP contribution in [0.15, 0.2) is 36.5 Å². The summed E-state index contributed by atoms with van der Waals surface area (Å²) in [6.07, 6.45) is 5.92. The van der Waals surface area contributed by atoms with E-state index in [0.29, 0.717) is 37.7 Å². The molecule has 0 radical (unpaired) electrons. The van der Waals surface area contributed by atoms with Crippen LogP contribution in [-0.4, -0.2) is 72.9 Å². The number of hydrogen-bond donors (Lipinski definition) is 1. The van der Waals surface area contributed by atoms with Crippen molar-refractivity contribution in [3.05, 3.63) is 59.0 Å². The molecule has 0 saturated carbocycles. The number of carbonyl (C=O) groups excluding carboxylic acids is 2. The number of piperidine rings is 1. The fourth-order valence-corrected chi connectivity index (χ4v) is 5.59. The second-order valence-electron chi connectivity index (χ2n) is 10.4. The molecule has 3 aromatic rings. The Labute approximate surface area is 222 Å². The highest BCUT2D eigenvalue weighted by Gasteiger charge is 2.26. The Kier molecular flexibility index (Phi) is 7.93. The number of halogens is 1. The van der Waals surface area contributed by atoms with E-state index in [1.807, 2.05) is 36.0 Å². The van der Waals surface area contributed by atoms with E-state index < -0.39 is 5.82 Å². The lowest BCUT2D eigenvalue weighted by molar-refractivity contribution is 0.0676. The normalized spacial score (nSPS) is 16.4. The third kappa shape index (κ3) is 5.53. The van der Waals surface area contributed by atoms with Crippen molar-refractivity contribution < 1.29 is 18.7 Å². The van der Waals surface area contributed by atoms with Crippen LogP contribution in [0.25, 0.3) is 10.9 Å². The Morgan fingerprint density at radius 3 is 2.53 bits per heavy atom. The second-order valence-corrected chi connectivity index (χ2v) is 10.4. The van der Waals surface area contributed by atoms with Crippen LogP contribution in [0, 0.1) is 18.7 Å². The molecule has 1 aromatic heterocycles. The van der Waals surface area contributed by atoms with Crippen LogP contribution in [0.2, 0.25) is 0 Å². The quantitative estimate of drug-likeness (QED) is 0.453. The summed E-state index contributed by atoms with van der Waals surface area (Å²) >= 11 is 0. The molecule has 1 N–H and O–H groups in total. The highest BCUT2D eigenvalue weighted by Crippen LogP contribution is 2.27. The molecule has 9 heteroatoms. The Morgan fingerprint density at radius 2 is 1.82 bits per heavy atom. The first-order valence-corrected chi connectivity index (χ1v) is 13.5. The lowest BCUT2D eigenvalue weighted by Gasteiger charge is -2.32. The maximum atomic E-state index is 14.8. The SMILES string of the molecule is COCCNC(=O)c1ccc2nn(CC3CCN(C(=O)c4ccc(N5CCCC5)cc4F)CC3)cc2c1C. The van der Waals surface area contributed by atoms with Crippen LogP contribution >= 0.6 is 0 Å². The van der Waals surface area contributed by atoms with Gasteiger partial charge in [-0.05, 0) is 74.4 Å². The summed E-state index contributed by atoms with van der Waals surface area (Å²) in [4.78, 5) is 29.5. The Bertz CT molecular complexity index is 1310. The molecule has 2 aromatic carbocycles. The van der Waals surface area contributed by atoms with Crippen molar-refractivity contribution in [1.29, 1.82) is 0 Å². The number of rotatable bonds is 8. The molecule has 38 heavy (non-hydrogen) atoms. The standard InChI is InChI=1S/C29H36FN5O3/c1-20-23(28(36)31-11-16-38-2)7-8-27-25(20)19-35(32-27)18-21-9-14-34(15-10-21)29(37)24-6-5-22(17-26(24)30)33-12-3-4-13-33/h5-8,17,19,21H,3-4,9-16,18H2,1-2H3,(H,31,36). The number of ether oxygens (including phenoxy) is 1. The van der Waals surface area contributed by atoms with E-state index in [0.717, 1.165) is 67.5 Å². The molecule has 0 spiro atoms. The predicted octanol–water partition coefficient (Wildman–Crippen LogP) is 4.01. The summed E-state index contributed by atoms with van der Waals surface area (Å²) < 4.78 is 21.8. The fourth-order valence-electron chi connectivity index (χ4n) is 5.59. The number of aromatic nitrogens is 2. The van der Waals surface area contributed by atoms with Crippen LogP contribution in [0.4, 0.5) is 10.1 Å². The van der Waals surface area contributed by atoms with Crippen molar-refractivity contribution in [3.63, 3.8) is 0 Å². The molecule has 2 aliphatic rings. The highest BCUT2D eigenvalue weighted by molar-refractivity contribution is 6.00. The molecule has 8 nitrogen and oxygen atoms in total. The highest BCUT2D eigenvalue weighted by atomic mass is 19.1. The number of amides is 2. The molecule has 2 fully saturated rings. The Morgan fingerprint density at radius 1 is 1.08 bits per heavy atom. The van der Waals surface area contributed by atoms with Crippen molar-refractivity contribution >= 4 is 28.4 Å². The first-order valence-electron chi connectivity index (χ1n) is 13.5. The van der Waals surface area contributed by atoms with E-state index in [-0.39, 0.29) is 17.4 Å². The molecule has 0 unspecified atom stereocenters. The van der Waals surface area contributed by atoms with E-state index in [1.54, 1.807) is 18.1 Å². The fraction of sp³-hybridized carbons (Fsp3) is 0.483. The molecular formula is C29H36FN5O3. The summed E-state index contributed by atoms with van der Waals surface area (Å²) in [6, 6.07) is 8.71. The first-order chi connectivity index (χ1) is 18.4. The van der Waals surface area contributed by atoms with Crippen molar-refractivity contribution in [3.8, 4) is 0 Å². The average molecular weight is 522 g/mol. The summed E-state index contributed by atoms with van der Waals surface area (Å²) in [5.41, 5.74) is 3.41. The molecule has 0 aliphatic carbocycles. The number of methoxy groups -OCH3 is 1. The minimum absolute atomic E-state index is 0.117. The molecule has 202 valence electrons. The molecule has 0 atom stereocenters. The maximum absolute atomic E-state index is 14.8. The minimum atomic E-state index is -0.438. The molecule has 3 heterocycles. The van der Waals surface area contributed by atoms with Gasteiger partial charge < -0.3 is 19.9 Å². The van der Waals surface area contributed by atoms with Gasteiger partial charge in [-0.25, -0.2) is 4.39 Å². The largest absolute Gasteiger partial charge is 0.383 e. The van der Waals surface area contributed by atoms with Crippen LogP contribution < -0.4 is 10.2 Å². The number of hydrogen-bond acceptors (Lipinski definition) is 5. The summed E-state index contributed by atoms with van der Waals surface area (Å²) in [5.74, 6) is -0.418. The van der Waals surface area contributed by atoms with E-state index in [2.05, 4.69) is 10.2 Å². The van der Waals surface area contributed by atoms with Gasteiger partial charge in [-0.1, -0.05) is 0 Å². The number of carbonyl (C=O) groups is 2. The van der Waals surface area contributed by atoms with Gasteiger partial charge in [0, 0.05) is 69.2 Å². The van der Waals surface area contributed by atoms with E-state index in [9.17, 15) is 14.0 Å². The summed E-state index contributed by atoms with van der Waals surface area (Å²) in [7, 11) is 1.60. The zero-order chi connectivity index (χ0) is 26.6. The topological polar surface area (TPSA) is 79.7 Å². The van der Waals surface area contributed by atoms with Crippen LogP contribution in [-0.2, 0) is 11.3 Å². The second kappa shape index (κ2) is 11.5. The maximum Gasteiger partial charge on any atom is 0.256 e. The number of benzene rings is 2. The lowest BCUT2D eigenvalue weighted by atomic mass is 9.96. The average Bonchev–Trinajstić information content (AvgIpc) is 3.60. The molecule has 2 aliphatic heterocycles. The third-order valence-corrected chi connectivity index (χ3v) is 7.84. The third-order valence-electron chi connectivity index (χ3n) is 7.84. The molecule has 0 bridgehead atoms. The zero-order valence-electron chi connectivity index (χ0n) is 22.2. The molecule has 2 saturated heterocycles. The number of fused-ring (bicyclic) bond motifs is 1. The van der Waals surface area contributed by atoms with E-state index in [4.69, 9.17) is 9.84 Å². The van der Waals surface area contributed by atoms with E-state index >= 15 is 0 Å². The van der Waals surface area contributed by atoms with Gasteiger partial charge in [0.25, 0.3) is 11.8 Å². The van der Waals surface area contributed by atoms with Gasteiger partial charge in [-0.2, -0.15) is 5.10 Å². The van der Waals surface area contributed by atoms with Crippen molar-refractivity contribution in [2.75, 3.05) is 51.3 Å². The van der Waals surface area contributed by atoms with Gasteiger partial charge in [0.05, 0.1) is 17.7 Å². The molecule has 5 rings (SSSR count). The lowest BCUT2D eigenvalue weighted by Crippen LogP contribution is -2.39. The number of aryl methyl sites for hydroxylation is 1. The van der Waals surface area contributed by atoms with Gasteiger partial charge in [-0.3, -0.25) is 14.3 Å². The smallest absolute Gasteiger partial charge is 0.256 e. The summed E-state index contributed by atoms with van der Waals surface area (Å²) in [6.45, 7) is 6.70. The zero-order valence-corrected chi connectivity index (χ0v) is 22.2. The Hall–Kier alpha value is -3.46. The predicted molar refractivity (Wildman–Crippen MR) is 145 cm³/mol. The molecular weight excluding hydrogens is 485 g/mol. The minimum Gasteiger partial charge on any atom is -0.383 e. The first kappa shape index (κ1) is 26.2. The molecule has 2 amide bonds. The van der Waals surface area contributed by atoms with Gasteiger partial charge in [0.2, 0.25) is 0 Å². The van der Waals surface area contributed by atoms with Crippen LogP contribution in [0.3, 0.4) is 0 Å². The van der Waals surface area contributed by atoms with Crippen molar-refractivity contribution in [2.24, 2.45) is 5.92 Å². The van der Waals surface area contributed by atoms with Gasteiger partial charge >= 0.3 is 0 Å². The Balaban J connectivity index is 1.18. The van der Waals surface area contributed by atoms with Gasteiger partial charge in [0.1, 0.15) is 5.82 Å². The summed E-state index contributed by atoms with van der Waals surface area (Å²) in [5, 5.41) is 8.56. The number of nitrogens with one attached hydrogen (secondary N) is 1. The van der Waals surface area contributed by atoms with Crippen molar-refractivity contribution in [2.45, 2.75) is 39.2 Å². The number of anilines is 1. The number of nitrogens with zero attached hydrogens (tertiary/aromatic N) is 4. The monoisotopic (exact) mass is 521 g/mol. The van der Waals surface area contributed by atoms with Gasteiger partial charge in [-0.15, -0.1) is 0 Å². The van der Waals surface area contributed by atoms with Crippen LogP contribution in [0.5, 0.6) is 0 Å².